The number of nitrogens with one attached hydrogen (secondary N) is 2. The topological polar surface area (TPSA) is 48.9 Å². The van der Waals surface area contributed by atoms with E-state index in [0.29, 0.717) is 32.3 Å². The second kappa shape index (κ2) is 13.4. The molecule has 2 aromatic carbocycles. The molecule has 29 heavy (non-hydrogen) atoms. The fraction of sp³-hybridized carbons (Fsp3) is 0.381. The molecule has 2 rings (SSSR count). The van der Waals surface area contributed by atoms with Gasteiger partial charge in [0, 0.05) is 25.7 Å². The van der Waals surface area contributed by atoms with Gasteiger partial charge in [0.05, 0.1) is 19.3 Å². The van der Waals surface area contributed by atoms with Gasteiger partial charge in [-0.2, -0.15) is 0 Å². The lowest BCUT2D eigenvalue weighted by molar-refractivity contribution is 0.125. The summed E-state index contributed by atoms with van der Waals surface area (Å²) in [7, 11) is 5.21. The minimum atomic E-state index is -0.558. The summed E-state index contributed by atoms with van der Waals surface area (Å²) >= 11 is 0. The third-order valence-electron chi connectivity index (χ3n) is 4.29. The van der Waals surface area contributed by atoms with Crippen molar-refractivity contribution in [1.82, 2.24) is 15.5 Å². The first-order valence-corrected chi connectivity index (χ1v) is 9.19. The quantitative estimate of drug-likeness (QED) is 0.231. The molecule has 0 saturated carbocycles. The monoisotopic (exact) mass is 518 g/mol. The maximum Gasteiger partial charge on any atom is 0.191 e. The molecule has 0 fully saturated rings. The Hall–Kier alpha value is -1.78. The molecule has 0 spiro atoms. The SMILES string of the molecule is CN=C(NCCOCc1ccccc1)NCC(c1c(F)cccc1F)N(C)C.I. The van der Waals surface area contributed by atoms with Crippen molar-refractivity contribution in [3.63, 3.8) is 0 Å². The van der Waals surface area contributed by atoms with Crippen molar-refractivity contribution >= 4 is 29.9 Å². The number of hydrogen-bond acceptors (Lipinski definition) is 3. The number of benzene rings is 2. The molecule has 0 aliphatic heterocycles. The summed E-state index contributed by atoms with van der Waals surface area (Å²) in [6.07, 6.45) is 0. The van der Waals surface area contributed by atoms with E-state index in [9.17, 15) is 8.78 Å². The van der Waals surface area contributed by atoms with Gasteiger partial charge in [0.15, 0.2) is 5.96 Å². The van der Waals surface area contributed by atoms with Crippen LogP contribution < -0.4 is 10.6 Å². The number of hydrogen-bond donors (Lipinski definition) is 2. The van der Waals surface area contributed by atoms with Crippen molar-refractivity contribution in [2.24, 2.45) is 4.99 Å². The van der Waals surface area contributed by atoms with Gasteiger partial charge in [0.1, 0.15) is 11.6 Å². The zero-order valence-electron chi connectivity index (χ0n) is 17.0. The summed E-state index contributed by atoms with van der Waals surface area (Å²) < 4.78 is 33.9. The molecule has 2 N–H and O–H groups in total. The average Bonchev–Trinajstić information content (AvgIpc) is 2.68. The van der Waals surface area contributed by atoms with E-state index in [4.69, 9.17) is 4.74 Å². The fourth-order valence-electron chi connectivity index (χ4n) is 2.79. The van der Waals surface area contributed by atoms with Crippen LogP contribution in [0.2, 0.25) is 0 Å². The maximum atomic E-state index is 14.1. The minimum Gasteiger partial charge on any atom is -0.375 e. The Morgan fingerprint density at radius 3 is 2.28 bits per heavy atom. The Labute approximate surface area is 188 Å². The molecule has 8 heteroatoms. The predicted octanol–water partition coefficient (Wildman–Crippen LogP) is 3.57. The van der Waals surface area contributed by atoms with Crippen LogP contribution in [-0.4, -0.2) is 51.7 Å². The van der Waals surface area contributed by atoms with Crippen LogP contribution in [0.25, 0.3) is 0 Å². The van der Waals surface area contributed by atoms with Gasteiger partial charge in [-0.15, -0.1) is 24.0 Å². The van der Waals surface area contributed by atoms with Crippen LogP contribution in [0.4, 0.5) is 8.78 Å². The average molecular weight is 518 g/mol. The molecule has 0 radical (unpaired) electrons. The standard InChI is InChI=1S/C21H28F2N4O.HI/c1-24-21(25-12-13-28-15-16-8-5-4-6-9-16)26-14-19(27(2)3)20-17(22)10-7-11-18(20)23;/h4-11,19H,12-15H2,1-3H3,(H2,24,25,26);1H. The number of aliphatic imine (C=N–C) groups is 1. The summed E-state index contributed by atoms with van der Waals surface area (Å²) in [6.45, 7) is 1.92. The van der Waals surface area contributed by atoms with Crippen molar-refractivity contribution in [1.29, 1.82) is 0 Å². The number of nitrogens with zero attached hydrogens (tertiary/aromatic N) is 2. The largest absolute Gasteiger partial charge is 0.375 e. The minimum absolute atomic E-state index is 0. The smallest absolute Gasteiger partial charge is 0.191 e. The Morgan fingerprint density at radius 1 is 1.03 bits per heavy atom. The highest BCUT2D eigenvalue weighted by Gasteiger charge is 2.22. The molecule has 0 amide bonds. The van der Waals surface area contributed by atoms with E-state index in [0.717, 1.165) is 5.56 Å². The van der Waals surface area contributed by atoms with Crippen LogP contribution in [-0.2, 0) is 11.3 Å². The van der Waals surface area contributed by atoms with Crippen molar-refractivity contribution in [2.45, 2.75) is 12.6 Å². The molecule has 0 aliphatic rings. The van der Waals surface area contributed by atoms with E-state index in [-0.39, 0.29) is 29.5 Å². The van der Waals surface area contributed by atoms with Crippen LogP contribution >= 0.6 is 24.0 Å². The van der Waals surface area contributed by atoms with Crippen molar-refractivity contribution in [2.75, 3.05) is 40.8 Å². The lowest BCUT2D eigenvalue weighted by Gasteiger charge is -2.26. The Bertz CT molecular complexity index is 739. The molecule has 5 nitrogen and oxygen atoms in total. The van der Waals surface area contributed by atoms with E-state index in [1.807, 2.05) is 30.3 Å². The first-order chi connectivity index (χ1) is 13.5. The molecular formula is C21H29F2IN4O. The van der Waals surface area contributed by atoms with Gasteiger partial charge < -0.3 is 20.3 Å². The van der Waals surface area contributed by atoms with E-state index < -0.39 is 17.7 Å². The molecule has 0 aromatic heterocycles. The number of halogens is 3. The summed E-state index contributed by atoms with van der Waals surface area (Å²) in [5.74, 6) is -0.567. The number of ether oxygens (including phenoxy) is 1. The fourth-order valence-corrected chi connectivity index (χ4v) is 2.79. The zero-order chi connectivity index (χ0) is 20.4. The molecule has 0 heterocycles. The van der Waals surface area contributed by atoms with Crippen LogP contribution in [0, 0.1) is 11.6 Å². The van der Waals surface area contributed by atoms with E-state index in [2.05, 4.69) is 15.6 Å². The van der Waals surface area contributed by atoms with E-state index in [1.54, 1.807) is 26.0 Å². The third-order valence-corrected chi connectivity index (χ3v) is 4.29. The number of likely N-dealkylation sites (N-methyl/N-ethyl adjacent to an activating group) is 1. The van der Waals surface area contributed by atoms with Crippen LogP contribution in [0.15, 0.2) is 53.5 Å². The molecule has 1 unspecified atom stereocenters. The van der Waals surface area contributed by atoms with Gasteiger partial charge >= 0.3 is 0 Å². The summed E-state index contributed by atoms with van der Waals surface area (Å²) in [5.41, 5.74) is 1.16. The van der Waals surface area contributed by atoms with Crippen LogP contribution in [0.1, 0.15) is 17.2 Å². The first kappa shape index (κ1) is 25.3. The highest BCUT2D eigenvalue weighted by Crippen LogP contribution is 2.23. The molecule has 0 aliphatic carbocycles. The second-order valence-corrected chi connectivity index (χ2v) is 6.53. The molecule has 1 atom stereocenters. The van der Waals surface area contributed by atoms with Crippen molar-refractivity contribution in [3.8, 4) is 0 Å². The highest BCUT2D eigenvalue weighted by molar-refractivity contribution is 14.0. The second-order valence-electron chi connectivity index (χ2n) is 6.53. The van der Waals surface area contributed by atoms with Gasteiger partial charge in [-0.25, -0.2) is 8.78 Å². The van der Waals surface area contributed by atoms with Gasteiger partial charge in [-0.1, -0.05) is 36.4 Å². The van der Waals surface area contributed by atoms with Gasteiger partial charge in [-0.05, 0) is 31.8 Å². The normalized spacial score (nSPS) is 12.4. The van der Waals surface area contributed by atoms with Gasteiger partial charge in [-0.3, -0.25) is 4.99 Å². The number of guanidine groups is 1. The van der Waals surface area contributed by atoms with Gasteiger partial charge in [0.25, 0.3) is 0 Å². The summed E-state index contributed by atoms with van der Waals surface area (Å²) in [6, 6.07) is 13.4. The van der Waals surface area contributed by atoms with E-state index in [1.165, 1.54) is 18.2 Å². The van der Waals surface area contributed by atoms with Crippen molar-refractivity contribution < 1.29 is 13.5 Å². The highest BCUT2D eigenvalue weighted by atomic mass is 127. The lowest BCUT2D eigenvalue weighted by atomic mass is 10.0. The predicted molar refractivity (Wildman–Crippen MR) is 124 cm³/mol. The van der Waals surface area contributed by atoms with E-state index >= 15 is 0 Å². The third kappa shape index (κ3) is 8.23. The van der Waals surface area contributed by atoms with Crippen LogP contribution in [0.3, 0.4) is 0 Å². The maximum absolute atomic E-state index is 14.1. The molecular weight excluding hydrogens is 489 g/mol. The van der Waals surface area contributed by atoms with Crippen molar-refractivity contribution in [3.05, 3.63) is 71.3 Å². The summed E-state index contributed by atoms with van der Waals surface area (Å²) in [4.78, 5) is 5.92. The van der Waals surface area contributed by atoms with Gasteiger partial charge in [0.2, 0.25) is 0 Å². The number of rotatable bonds is 9. The Balaban J connectivity index is 0.00000420. The molecule has 2 aromatic rings. The van der Waals surface area contributed by atoms with Crippen LogP contribution in [0.5, 0.6) is 0 Å². The lowest BCUT2D eigenvalue weighted by Crippen LogP contribution is -2.43. The summed E-state index contributed by atoms with van der Waals surface area (Å²) in [5, 5.41) is 6.26. The molecule has 0 saturated heterocycles. The Morgan fingerprint density at radius 2 is 1.69 bits per heavy atom. The first-order valence-electron chi connectivity index (χ1n) is 9.19. The zero-order valence-corrected chi connectivity index (χ0v) is 19.3. The molecule has 0 bridgehead atoms. The Kier molecular flexibility index (Phi) is 11.7. The molecule has 160 valence electrons.